The molecule has 0 aliphatic carbocycles. The molecule has 0 saturated carbocycles. The number of hydrogen-bond donors (Lipinski definition) is 5. The Kier molecular flexibility index (Phi) is 10.1. The number of imidazole rings is 1. The van der Waals surface area contributed by atoms with E-state index in [0.29, 0.717) is 5.69 Å². The standard InChI is InChI=1S/C37H38N6O6/c1-37(22-49-37)33(44)30(16-24-10-4-2-5-11-24)41-34(45)31(17-26-19-39-29-15-9-8-14-28(26)29)42-35(46)32(18-27-20-38-23-40-27)43-36(47)48-21-25-12-6-3-7-13-25/h2-15,19-20,23,30-32,39H,16-18,21-22H2,1H3,(H,38,40)(H,41,45)(H,42,46)(H,43,47)/t30-,31-,32-,37-/m0/s1. The van der Waals surface area contributed by atoms with Crippen LogP contribution in [-0.4, -0.2) is 69.0 Å². The summed E-state index contributed by atoms with van der Waals surface area (Å²) in [6, 6.07) is 23.0. The van der Waals surface area contributed by atoms with Gasteiger partial charge in [0.05, 0.1) is 19.0 Å². The molecule has 0 radical (unpaired) electrons. The van der Waals surface area contributed by atoms with Crippen molar-refractivity contribution in [3.05, 3.63) is 126 Å². The summed E-state index contributed by atoms with van der Waals surface area (Å²) in [6.07, 6.45) is 4.43. The number of carbonyl (C=O) groups excluding carboxylic acids is 4. The summed E-state index contributed by atoms with van der Waals surface area (Å²) < 4.78 is 10.8. The minimum Gasteiger partial charge on any atom is -0.445 e. The lowest BCUT2D eigenvalue weighted by Gasteiger charge is -2.26. The molecule has 1 saturated heterocycles. The van der Waals surface area contributed by atoms with Crippen LogP contribution in [0.4, 0.5) is 4.79 Å². The Bertz CT molecular complexity index is 1890. The third-order valence-corrected chi connectivity index (χ3v) is 8.55. The summed E-state index contributed by atoms with van der Waals surface area (Å²) in [7, 11) is 0. The molecular weight excluding hydrogens is 624 g/mol. The second kappa shape index (κ2) is 15.0. The zero-order valence-electron chi connectivity index (χ0n) is 27.0. The monoisotopic (exact) mass is 662 g/mol. The third-order valence-electron chi connectivity index (χ3n) is 8.55. The average molecular weight is 663 g/mol. The molecule has 0 bridgehead atoms. The number of Topliss-reactive ketones (excluding diaryl/α,β-unsaturated/α-hetero) is 1. The van der Waals surface area contributed by atoms with Crippen molar-refractivity contribution in [3.63, 3.8) is 0 Å². The zero-order valence-corrected chi connectivity index (χ0v) is 27.0. The molecule has 49 heavy (non-hydrogen) atoms. The number of carbonyl (C=O) groups is 4. The smallest absolute Gasteiger partial charge is 0.408 e. The Morgan fingerprint density at radius 2 is 1.43 bits per heavy atom. The Balaban J connectivity index is 1.24. The largest absolute Gasteiger partial charge is 0.445 e. The van der Waals surface area contributed by atoms with E-state index < -0.39 is 41.6 Å². The number of benzene rings is 3. The molecule has 2 aromatic heterocycles. The van der Waals surface area contributed by atoms with Crippen LogP contribution < -0.4 is 16.0 Å². The van der Waals surface area contributed by atoms with Crippen LogP contribution in [0.5, 0.6) is 0 Å². The van der Waals surface area contributed by atoms with Crippen molar-refractivity contribution in [2.45, 2.75) is 56.5 Å². The van der Waals surface area contributed by atoms with E-state index in [1.807, 2.05) is 84.9 Å². The average Bonchev–Trinajstić information content (AvgIpc) is 3.46. The summed E-state index contributed by atoms with van der Waals surface area (Å²) in [6.45, 7) is 1.98. The first-order valence-corrected chi connectivity index (χ1v) is 16.1. The number of ketones is 1. The van der Waals surface area contributed by atoms with Gasteiger partial charge in [-0.2, -0.15) is 0 Å². The number of hydrogen-bond acceptors (Lipinski definition) is 7. The number of rotatable bonds is 15. The van der Waals surface area contributed by atoms with Gasteiger partial charge in [-0.05, 0) is 36.1 Å². The molecule has 6 rings (SSSR count). The molecule has 1 fully saturated rings. The zero-order chi connectivity index (χ0) is 34.2. The molecule has 3 amide bonds. The number of nitrogens with one attached hydrogen (secondary N) is 5. The molecule has 1 aliphatic heterocycles. The Hall–Kier alpha value is -5.75. The van der Waals surface area contributed by atoms with Gasteiger partial charge in [0.25, 0.3) is 0 Å². The molecule has 12 heteroatoms. The van der Waals surface area contributed by atoms with Crippen molar-refractivity contribution in [2.24, 2.45) is 0 Å². The predicted octanol–water partition coefficient (Wildman–Crippen LogP) is 3.54. The van der Waals surface area contributed by atoms with E-state index in [1.165, 1.54) is 6.33 Å². The van der Waals surface area contributed by atoms with Crippen LogP contribution in [0.1, 0.15) is 29.3 Å². The molecular formula is C37H38N6O6. The highest BCUT2D eigenvalue weighted by molar-refractivity contribution is 5.99. The first kappa shape index (κ1) is 33.2. The van der Waals surface area contributed by atoms with Crippen molar-refractivity contribution in [2.75, 3.05) is 6.61 Å². The van der Waals surface area contributed by atoms with Gasteiger partial charge in [-0.3, -0.25) is 14.4 Å². The van der Waals surface area contributed by atoms with Crippen molar-refractivity contribution >= 4 is 34.6 Å². The van der Waals surface area contributed by atoms with Crippen LogP contribution in [0, 0.1) is 0 Å². The van der Waals surface area contributed by atoms with Crippen LogP contribution in [0.3, 0.4) is 0 Å². The van der Waals surface area contributed by atoms with Gasteiger partial charge in [-0.1, -0.05) is 78.9 Å². The lowest BCUT2D eigenvalue weighted by atomic mass is 9.94. The maximum atomic E-state index is 14.2. The number of aromatic nitrogens is 3. The quantitative estimate of drug-likeness (QED) is 0.107. The Morgan fingerprint density at radius 3 is 2.10 bits per heavy atom. The topological polar surface area (TPSA) is 171 Å². The molecule has 252 valence electrons. The number of nitrogens with zero attached hydrogens (tertiary/aromatic N) is 1. The summed E-state index contributed by atoms with van der Waals surface area (Å²) >= 11 is 0. The summed E-state index contributed by atoms with van der Waals surface area (Å²) in [5.41, 5.74) is 2.92. The highest BCUT2D eigenvalue weighted by atomic mass is 16.6. The second-order valence-electron chi connectivity index (χ2n) is 12.3. The number of H-pyrrole nitrogens is 2. The number of epoxide rings is 1. The molecule has 3 aromatic carbocycles. The van der Waals surface area contributed by atoms with E-state index in [-0.39, 0.29) is 38.3 Å². The molecule has 4 atom stereocenters. The fourth-order valence-electron chi connectivity index (χ4n) is 5.69. The SMILES string of the molecule is C[C@@]1(C(=O)[C@H](Cc2ccccc2)NC(=O)[C@H](Cc2c[nH]c3ccccc23)NC(=O)[C@H](Cc2cnc[nH]2)NC(=O)OCc2ccccc2)CO1. The maximum Gasteiger partial charge on any atom is 0.408 e. The van der Waals surface area contributed by atoms with E-state index in [2.05, 4.69) is 30.9 Å². The number of alkyl carbamates (subject to hydrolysis) is 1. The van der Waals surface area contributed by atoms with Gasteiger partial charge in [-0.15, -0.1) is 0 Å². The molecule has 5 aromatic rings. The third kappa shape index (κ3) is 8.59. The second-order valence-corrected chi connectivity index (χ2v) is 12.3. The fourth-order valence-corrected chi connectivity index (χ4v) is 5.69. The van der Waals surface area contributed by atoms with Gasteiger partial charge in [0.15, 0.2) is 5.78 Å². The van der Waals surface area contributed by atoms with Crippen LogP contribution in [0.15, 0.2) is 104 Å². The van der Waals surface area contributed by atoms with E-state index in [9.17, 15) is 19.2 Å². The Morgan fingerprint density at radius 1 is 0.796 bits per heavy atom. The van der Waals surface area contributed by atoms with Gasteiger partial charge < -0.3 is 35.4 Å². The summed E-state index contributed by atoms with van der Waals surface area (Å²) in [5, 5.41) is 9.32. The summed E-state index contributed by atoms with van der Waals surface area (Å²) in [5.74, 6) is -1.42. The maximum absolute atomic E-state index is 14.2. The van der Waals surface area contributed by atoms with Crippen molar-refractivity contribution in [3.8, 4) is 0 Å². The highest BCUT2D eigenvalue weighted by Crippen LogP contribution is 2.29. The Labute approximate surface area is 283 Å². The molecule has 3 heterocycles. The lowest BCUT2D eigenvalue weighted by Crippen LogP contribution is -2.58. The van der Waals surface area contributed by atoms with Crippen LogP contribution in [0.2, 0.25) is 0 Å². The van der Waals surface area contributed by atoms with Crippen LogP contribution in [0.25, 0.3) is 10.9 Å². The van der Waals surface area contributed by atoms with Crippen LogP contribution in [-0.2, 0) is 49.7 Å². The lowest BCUT2D eigenvalue weighted by molar-refractivity contribution is -0.133. The molecule has 12 nitrogen and oxygen atoms in total. The van der Waals surface area contributed by atoms with Gasteiger partial charge in [0.2, 0.25) is 11.8 Å². The normalized spacial score (nSPS) is 17.0. The van der Waals surface area contributed by atoms with Gasteiger partial charge in [-0.25, -0.2) is 9.78 Å². The molecule has 0 unspecified atom stereocenters. The molecule has 1 aliphatic rings. The van der Waals surface area contributed by atoms with E-state index >= 15 is 0 Å². The predicted molar refractivity (Wildman–Crippen MR) is 181 cm³/mol. The van der Waals surface area contributed by atoms with Gasteiger partial charge in [0, 0.05) is 41.8 Å². The first-order chi connectivity index (χ1) is 23.8. The molecule has 0 spiro atoms. The van der Waals surface area contributed by atoms with Gasteiger partial charge in [0.1, 0.15) is 24.3 Å². The minimum atomic E-state index is -1.12. The number of ether oxygens (including phenoxy) is 2. The first-order valence-electron chi connectivity index (χ1n) is 16.1. The highest BCUT2D eigenvalue weighted by Gasteiger charge is 2.50. The molecule has 5 N–H and O–H groups in total. The van der Waals surface area contributed by atoms with Crippen LogP contribution >= 0.6 is 0 Å². The van der Waals surface area contributed by atoms with E-state index in [0.717, 1.165) is 27.6 Å². The minimum absolute atomic E-state index is 0.0100. The number of amides is 3. The number of fused-ring (bicyclic) bond motifs is 1. The fraction of sp³-hybridized carbons (Fsp3) is 0.270. The van der Waals surface area contributed by atoms with Gasteiger partial charge >= 0.3 is 6.09 Å². The summed E-state index contributed by atoms with van der Waals surface area (Å²) in [4.78, 5) is 64.8. The van der Waals surface area contributed by atoms with E-state index in [4.69, 9.17) is 9.47 Å². The number of para-hydroxylation sites is 1. The van der Waals surface area contributed by atoms with Crippen molar-refractivity contribution in [1.29, 1.82) is 0 Å². The number of aromatic amines is 2. The van der Waals surface area contributed by atoms with Crippen molar-refractivity contribution in [1.82, 2.24) is 30.9 Å². The van der Waals surface area contributed by atoms with Crippen molar-refractivity contribution < 1.29 is 28.7 Å². The van der Waals surface area contributed by atoms with E-state index in [1.54, 1.807) is 19.3 Å².